The minimum atomic E-state index is 0. The zero-order chi connectivity index (χ0) is 19.0. The summed E-state index contributed by atoms with van der Waals surface area (Å²) in [5.41, 5.74) is 7.31. The first kappa shape index (κ1) is 24.6. The summed E-state index contributed by atoms with van der Waals surface area (Å²) in [6.07, 6.45) is 8.73. The number of rotatable bonds is 5. The molecule has 30 heavy (non-hydrogen) atoms. The summed E-state index contributed by atoms with van der Waals surface area (Å²) < 4.78 is 0. The van der Waals surface area contributed by atoms with Crippen molar-refractivity contribution in [3.05, 3.63) is 131 Å². The van der Waals surface area contributed by atoms with Crippen molar-refractivity contribution in [2.24, 2.45) is 0 Å². The molecule has 0 aliphatic rings. The molecule has 4 rings (SSSR count). The molecule has 0 amide bonds. The van der Waals surface area contributed by atoms with Crippen molar-refractivity contribution in [3.8, 4) is 11.1 Å². The molecule has 2 heteroatoms. The van der Waals surface area contributed by atoms with Crippen LogP contribution in [-0.2, 0) is 0 Å². The Morgan fingerprint density at radius 2 is 0.667 bits per heavy atom. The summed E-state index contributed by atoms with van der Waals surface area (Å²) in [7, 11) is 0. The quantitative estimate of drug-likeness (QED) is 0.351. The van der Waals surface area contributed by atoms with E-state index >= 15 is 0 Å². The van der Waals surface area contributed by atoms with Gasteiger partial charge in [0.2, 0.25) is 0 Å². The molecule has 0 spiro atoms. The molecule has 4 aromatic carbocycles. The maximum absolute atomic E-state index is 2.20. The van der Waals surface area contributed by atoms with Crippen LogP contribution in [0.3, 0.4) is 0 Å². The van der Waals surface area contributed by atoms with E-state index in [-0.39, 0.29) is 59.1 Å². The molecule has 0 atom stereocenters. The van der Waals surface area contributed by atoms with Gasteiger partial charge in [-0.3, -0.25) is 0 Å². The maximum Gasteiger partial charge on any atom is 1.00 e. The van der Waals surface area contributed by atoms with E-state index < -0.39 is 0 Å². The van der Waals surface area contributed by atoms with Gasteiger partial charge < -0.3 is 0 Å². The van der Waals surface area contributed by atoms with Gasteiger partial charge in [0.05, 0.1) is 0 Å². The van der Waals surface area contributed by atoms with E-state index in [1.165, 1.54) is 33.4 Å². The molecule has 0 unspecified atom stereocenters. The Morgan fingerprint density at radius 3 is 1.07 bits per heavy atom. The van der Waals surface area contributed by atoms with Gasteiger partial charge in [-0.25, -0.2) is 0 Å². The fourth-order valence-electron chi connectivity index (χ4n) is 3.28. The van der Waals surface area contributed by atoms with Gasteiger partial charge in [0, 0.05) is 0 Å². The van der Waals surface area contributed by atoms with Gasteiger partial charge in [0.1, 0.15) is 0 Å². The van der Waals surface area contributed by atoms with Gasteiger partial charge in [-0.1, -0.05) is 133 Å². The first-order valence-corrected chi connectivity index (χ1v) is 9.55. The van der Waals surface area contributed by atoms with Crippen LogP contribution in [0.1, 0.15) is 22.3 Å². The molecule has 0 bridgehead atoms. The van der Waals surface area contributed by atoms with Gasteiger partial charge in [0.15, 0.2) is 0 Å². The third-order valence-electron chi connectivity index (χ3n) is 4.72. The maximum atomic E-state index is 2.20. The molecule has 0 aliphatic carbocycles. The zero-order valence-electron chi connectivity index (χ0n) is 17.7. The van der Waals surface area contributed by atoms with E-state index in [4.69, 9.17) is 0 Å². The molecule has 0 saturated heterocycles. The summed E-state index contributed by atoms with van der Waals surface area (Å²) in [5, 5.41) is 0. The van der Waals surface area contributed by atoms with Crippen LogP contribution in [0.4, 0.5) is 0 Å². The van der Waals surface area contributed by atoms with Crippen molar-refractivity contribution in [1.82, 2.24) is 0 Å². The molecular formula is C28H22Na2+2. The van der Waals surface area contributed by atoms with E-state index in [2.05, 4.69) is 121 Å². The van der Waals surface area contributed by atoms with Gasteiger partial charge >= 0.3 is 59.1 Å². The van der Waals surface area contributed by atoms with Crippen LogP contribution in [0.15, 0.2) is 109 Å². The number of benzene rings is 4. The van der Waals surface area contributed by atoms with Gasteiger partial charge in [0.25, 0.3) is 0 Å². The Kier molecular flexibility index (Phi) is 10.6. The van der Waals surface area contributed by atoms with E-state index in [0.717, 1.165) is 0 Å². The van der Waals surface area contributed by atoms with Crippen molar-refractivity contribution in [2.45, 2.75) is 0 Å². The Bertz CT molecular complexity index is 1010. The Morgan fingerprint density at radius 1 is 0.333 bits per heavy atom. The summed E-state index contributed by atoms with van der Waals surface area (Å²) in [4.78, 5) is 0. The second-order valence-electron chi connectivity index (χ2n) is 6.66. The molecule has 0 N–H and O–H groups in total. The van der Waals surface area contributed by atoms with Crippen molar-refractivity contribution in [1.29, 1.82) is 0 Å². The Labute approximate surface area is 224 Å². The minimum Gasteiger partial charge on any atom is -0.0622 e. The van der Waals surface area contributed by atoms with Crippen LogP contribution < -0.4 is 59.1 Å². The normalized spacial score (nSPS) is 10.5. The van der Waals surface area contributed by atoms with Crippen LogP contribution in [-0.4, -0.2) is 0 Å². The number of hydrogen-bond acceptors (Lipinski definition) is 0. The fourth-order valence-corrected chi connectivity index (χ4v) is 3.28. The monoisotopic (exact) mass is 404 g/mol. The van der Waals surface area contributed by atoms with Gasteiger partial charge in [-0.2, -0.15) is 0 Å². The third kappa shape index (κ3) is 6.68. The molecule has 4 aromatic rings. The average Bonchev–Trinajstić information content (AvgIpc) is 2.78. The molecule has 134 valence electrons. The number of hydrogen-bond donors (Lipinski definition) is 0. The largest absolute Gasteiger partial charge is 1.00 e. The van der Waals surface area contributed by atoms with Crippen LogP contribution in [0.25, 0.3) is 35.4 Å². The average molecular weight is 404 g/mol. The van der Waals surface area contributed by atoms with Crippen molar-refractivity contribution in [3.63, 3.8) is 0 Å². The van der Waals surface area contributed by atoms with Crippen LogP contribution in [0.2, 0.25) is 0 Å². The fraction of sp³-hybridized carbons (Fsp3) is 0. The van der Waals surface area contributed by atoms with E-state index in [0.29, 0.717) is 0 Å². The zero-order valence-corrected chi connectivity index (χ0v) is 21.7. The van der Waals surface area contributed by atoms with Gasteiger partial charge in [-0.05, 0) is 33.4 Å². The molecule has 0 radical (unpaired) electrons. The molecule has 0 saturated carbocycles. The van der Waals surface area contributed by atoms with E-state index in [1.54, 1.807) is 0 Å². The second kappa shape index (κ2) is 12.9. The molecule has 0 aromatic heterocycles. The smallest absolute Gasteiger partial charge is 0.0622 e. The Hall–Kier alpha value is -1.64. The molecule has 0 nitrogen and oxygen atoms in total. The summed E-state index contributed by atoms with van der Waals surface area (Å²) in [6, 6.07) is 38.0. The Balaban J connectivity index is 0.00000160. The molecule has 0 heterocycles. The van der Waals surface area contributed by atoms with Crippen LogP contribution >= 0.6 is 0 Å². The first-order chi connectivity index (χ1) is 13.9. The van der Waals surface area contributed by atoms with Crippen molar-refractivity contribution in [2.75, 3.05) is 0 Å². The van der Waals surface area contributed by atoms with Crippen molar-refractivity contribution < 1.29 is 59.1 Å². The SMILES string of the molecule is C(=C\c1ccccc1-c1ccccc1/C=C/c1ccccc1)/c1ccccc1.[Na+].[Na+]. The van der Waals surface area contributed by atoms with Gasteiger partial charge in [-0.15, -0.1) is 0 Å². The second-order valence-corrected chi connectivity index (χ2v) is 6.66. The predicted molar refractivity (Wildman–Crippen MR) is 123 cm³/mol. The summed E-state index contributed by atoms with van der Waals surface area (Å²) in [6.45, 7) is 0. The standard InChI is InChI=1S/C28H22.2Na/c1-3-11-23(12-4-1)19-21-25-15-7-9-17-27(25)28-18-10-8-16-26(28)22-20-24-13-5-2-6-14-24;;/h1-22H;;/q;2*+1/b21-19+,22-20+;;. The first-order valence-electron chi connectivity index (χ1n) is 9.55. The van der Waals surface area contributed by atoms with Crippen LogP contribution in [0.5, 0.6) is 0 Å². The summed E-state index contributed by atoms with van der Waals surface area (Å²) in [5.74, 6) is 0. The predicted octanol–water partition coefficient (Wildman–Crippen LogP) is 1.70. The van der Waals surface area contributed by atoms with E-state index in [1.807, 2.05) is 12.1 Å². The molecule has 0 aliphatic heterocycles. The minimum absolute atomic E-state index is 0. The van der Waals surface area contributed by atoms with Crippen LogP contribution in [0, 0.1) is 0 Å². The molecular weight excluding hydrogens is 382 g/mol. The van der Waals surface area contributed by atoms with E-state index in [9.17, 15) is 0 Å². The molecule has 0 fully saturated rings. The topological polar surface area (TPSA) is 0 Å². The van der Waals surface area contributed by atoms with Crippen molar-refractivity contribution >= 4 is 24.3 Å². The third-order valence-corrected chi connectivity index (χ3v) is 4.72. The summed E-state index contributed by atoms with van der Waals surface area (Å²) >= 11 is 0.